The third-order valence-electron chi connectivity index (χ3n) is 3.55. The van der Waals surface area contributed by atoms with Crippen LogP contribution in [-0.2, 0) is 16.0 Å². The van der Waals surface area contributed by atoms with E-state index in [9.17, 15) is 24.1 Å². The van der Waals surface area contributed by atoms with Crippen LogP contribution in [0.2, 0.25) is 5.02 Å². The fraction of sp³-hybridized carbons (Fsp3) is 0.385. The van der Waals surface area contributed by atoms with E-state index in [-0.39, 0.29) is 25.1 Å². The van der Waals surface area contributed by atoms with Crippen LogP contribution in [0.15, 0.2) is 12.1 Å². The molecule has 22 heavy (non-hydrogen) atoms. The molecule has 7 nitrogen and oxygen atoms in total. The fourth-order valence-electron chi connectivity index (χ4n) is 2.35. The van der Waals surface area contributed by atoms with E-state index >= 15 is 0 Å². The van der Waals surface area contributed by atoms with Crippen LogP contribution in [0.25, 0.3) is 0 Å². The molecule has 0 saturated carbocycles. The number of carboxylic acids is 1. The van der Waals surface area contributed by atoms with Crippen LogP contribution in [0.4, 0.5) is 10.1 Å². The normalized spacial score (nSPS) is 17.5. The minimum atomic E-state index is -0.987. The van der Waals surface area contributed by atoms with Gasteiger partial charge in [0.1, 0.15) is 5.82 Å². The summed E-state index contributed by atoms with van der Waals surface area (Å²) in [6.07, 6.45) is -0.0467. The Kier molecular flexibility index (Phi) is 4.60. The Morgan fingerprint density at radius 3 is 2.73 bits per heavy atom. The van der Waals surface area contributed by atoms with Crippen molar-refractivity contribution >= 4 is 29.2 Å². The quantitative estimate of drug-likeness (QED) is 0.670. The molecule has 0 spiro atoms. The van der Waals surface area contributed by atoms with Gasteiger partial charge in [0.15, 0.2) is 0 Å². The highest BCUT2D eigenvalue weighted by atomic mass is 35.5. The number of halogens is 2. The van der Waals surface area contributed by atoms with Crippen molar-refractivity contribution in [2.45, 2.75) is 12.8 Å². The first kappa shape index (κ1) is 16.2. The highest BCUT2D eigenvalue weighted by Gasteiger charge is 2.31. The highest BCUT2D eigenvalue weighted by Crippen LogP contribution is 2.27. The SMILES string of the molecule is O=C(O)C1CCN(C(=O)Cc2cc(F)c(Cl)cc2[N+](=O)[O-])C1. The number of amides is 1. The lowest BCUT2D eigenvalue weighted by atomic mass is 10.1. The standard InChI is InChI=1S/C13H12ClFN2O5/c14-9-5-11(17(21)22)8(3-10(9)15)4-12(18)16-2-1-7(6-16)13(19)20/h3,5,7H,1-2,4,6H2,(H,19,20). The summed E-state index contributed by atoms with van der Waals surface area (Å²) in [5.41, 5.74) is -0.524. The van der Waals surface area contributed by atoms with E-state index in [4.69, 9.17) is 16.7 Å². The number of hydrogen-bond acceptors (Lipinski definition) is 4. The lowest BCUT2D eigenvalue weighted by Crippen LogP contribution is -2.31. The van der Waals surface area contributed by atoms with Gasteiger partial charge in [-0.3, -0.25) is 19.7 Å². The van der Waals surface area contributed by atoms with Crippen molar-refractivity contribution in [3.05, 3.63) is 38.7 Å². The number of hydrogen-bond donors (Lipinski definition) is 1. The minimum Gasteiger partial charge on any atom is -0.481 e. The number of carbonyl (C=O) groups excluding carboxylic acids is 1. The van der Waals surface area contributed by atoms with Crippen LogP contribution in [-0.4, -0.2) is 39.9 Å². The smallest absolute Gasteiger partial charge is 0.308 e. The van der Waals surface area contributed by atoms with Gasteiger partial charge in [-0.25, -0.2) is 4.39 Å². The summed E-state index contributed by atoms with van der Waals surface area (Å²) >= 11 is 5.51. The number of nitro benzene ring substituents is 1. The van der Waals surface area contributed by atoms with E-state index in [2.05, 4.69) is 0 Å². The number of nitro groups is 1. The molecule has 118 valence electrons. The van der Waals surface area contributed by atoms with Gasteiger partial charge in [0, 0.05) is 24.7 Å². The monoisotopic (exact) mass is 330 g/mol. The van der Waals surface area contributed by atoms with E-state index in [1.807, 2.05) is 0 Å². The first-order valence-electron chi connectivity index (χ1n) is 6.42. The molecule has 1 fully saturated rings. The van der Waals surface area contributed by atoms with Crippen LogP contribution in [0.3, 0.4) is 0 Å². The first-order chi connectivity index (χ1) is 10.3. The van der Waals surface area contributed by atoms with Crippen molar-refractivity contribution in [3.8, 4) is 0 Å². The maximum atomic E-state index is 13.5. The molecule has 1 aromatic rings. The molecule has 1 amide bonds. The van der Waals surface area contributed by atoms with Gasteiger partial charge >= 0.3 is 5.97 Å². The average molecular weight is 331 g/mol. The molecule has 1 aromatic carbocycles. The third-order valence-corrected chi connectivity index (χ3v) is 3.84. The first-order valence-corrected chi connectivity index (χ1v) is 6.80. The minimum absolute atomic E-state index is 0.0536. The Bertz CT molecular complexity index is 652. The lowest BCUT2D eigenvalue weighted by molar-refractivity contribution is -0.385. The van der Waals surface area contributed by atoms with E-state index in [0.717, 1.165) is 12.1 Å². The van der Waals surface area contributed by atoms with Crippen molar-refractivity contribution < 1.29 is 24.0 Å². The van der Waals surface area contributed by atoms with Crippen LogP contribution in [0, 0.1) is 21.8 Å². The van der Waals surface area contributed by atoms with Gasteiger partial charge in [0.25, 0.3) is 5.69 Å². The van der Waals surface area contributed by atoms with Gasteiger partial charge in [0.05, 0.1) is 22.3 Å². The van der Waals surface area contributed by atoms with E-state index in [1.54, 1.807) is 0 Å². The zero-order chi connectivity index (χ0) is 16.4. The summed E-state index contributed by atoms with van der Waals surface area (Å²) in [5.74, 6) is -2.95. The molecule has 1 N–H and O–H groups in total. The Morgan fingerprint density at radius 2 is 2.18 bits per heavy atom. The zero-order valence-corrected chi connectivity index (χ0v) is 12.0. The van der Waals surface area contributed by atoms with Gasteiger partial charge in [-0.1, -0.05) is 11.6 Å². The van der Waals surface area contributed by atoms with Gasteiger partial charge in [-0.2, -0.15) is 0 Å². The highest BCUT2D eigenvalue weighted by molar-refractivity contribution is 6.31. The summed E-state index contributed by atoms with van der Waals surface area (Å²) in [4.78, 5) is 34.5. The summed E-state index contributed by atoms with van der Waals surface area (Å²) < 4.78 is 13.5. The molecular formula is C13H12ClFN2O5. The van der Waals surface area contributed by atoms with E-state index in [0.29, 0.717) is 6.42 Å². The number of carbonyl (C=O) groups is 2. The molecule has 1 unspecified atom stereocenters. The summed E-state index contributed by atoms with van der Waals surface area (Å²) in [5, 5.41) is 19.5. The predicted molar refractivity (Wildman–Crippen MR) is 74.1 cm³/mol. The van der Waals surface area contributed by atoms with Gasteiger partial charge in [0.2, 0.25) is 5.91 Å². The van der Waals surface area contributed by atoms with E-state index < -0.39 is 39.2 Å². The zero-order valence-electron chi connectivity index (χ0n) is 11.3. The molecule has 0 bridgehead atoms. The van der Waals surface area contributed by atoms with Crippen molar-refractivity contribution in [2.24, 2.45) is 5.92 Å². The van der Waals surface area contributed by atoms with Crippen molar-refractivity contribution in [3.63, 3.8) is 0 Å². The number of likely N-dealkylation sites (tertiary alicyclic amines) is 1. The average Bonchev–Trinajstić information content (AvgIpc) is 2.92. The molecule has 1 aliphatic rings. The van der Waals surface area contributed by atoms with Crippen LogP contribution < -0.4 is 0 Å². The number of carboxylic acid groups (broad SMARTS) is 1. The van der Waals surface area contributed by atoms with Crippen molar-refractivity contribution in [2.75, 3.05) is 13.1 Å². The molecule has 9 heteroatoms. The summed E-state index contributed by atoms with van der Waals surface area (Å²) in [6, 6.07) is 1.73. The lowest BCUT2D eigenvalue weighted by Gasteiger charge is -2.15. The largest absolute Gasteiger partial charge is 0.481 e. The topological polar surface area (TPSA) is 101 Å². The summed E-state index contributed by atoms with van der Waals surface area (Å²) in [6.45, 7) is 0.317. The molecule has 1 saturated heterocycles. The predicted octanol–water partition coefficient (Wildman–Crippen LogP) is 1.86. The Balaban J connectivity index is 2.17. The fourth-order valence-corrected chi connectivity index (χ4v) is 2.51. The molecule has 0 aromatic heterocycles. The second-order valence-electron chi connectivity index (χ2n) is 4.99. The molecule has 1 atom stereocenters. The van der Waals surface area contributed by atoms with Crippen molar-refractivity contribution in [1.29, 1.82) is 0 Å². The Morgan fingerprint density at radius 1 is 1.50 bits per heavy atom. The second-order valence-corrected chi connectivity index (χ2v) is 5.40. The molecule has 1 aliphatic heterocycles. The van der Waals surface area contributed by atoms with Crippen LogP contribution in [0.1, 0.15) is 12.0 Å². The maximum absolute atomic E-state index is 13.5. The van der Waals surface area contributed by atoms with Gasteiger partial charge < -0.3 is 10.0 Å². The number of nitrogens with zero attached hydrogens (tertiary/aromatic N) is 2. The Hall–Kier alpha value is -2.22. The van der Waals surface area contributed by atoms with Crippen LogP contribution >= 0.6 is 11.6 Å². The second kappa shape index (κ2) is 6.27. The molecule has 0 radical (unpaired) electrons. The Labute approximate surface area is 129 Å². The number of aliphatic carboxylic acids is 1. The molecule has 1 heterocycles. The molecular weight excluding hydrogens is 319 g/mol. The number of benzene rings is 1. The van der Waals surface area contributed by atoms with Crippen molar-refractivity contribution in [1.82, 2.24) is 4.90 Å². The van der Waals surface area contributed by atoms with Gasteiger partial charge in [-0.15, -0.1) is 0 Å². The summed E-state index contributed by atoms with van der Waals surface area (Å²) in [7, 11) is 0. The molecule has 0 aliphatic carbocycles. The maximum Gasteiger partial charge on any atom is 0.308 e. The number of rotatable bonds is 4. The molecule has 2 rings (SSSR count). The third kappa shape index (κ3) is 3.33. The van der Waals surface area contributed by atoms with Gasteiger partial charge in [-0.05, 0) is 12.5 Å². The van der Waals surface area contributed by atoms with E-state index in [1.165, 1.54) is 4.90 Å². The van der Waals surface area contributed by atoms with Crippen LogP contribution in [0.5, 0.6) is 0 Å².